The first-order valence-corrected chi connectivity index (χ1v) is 6.33. The maximum Gasteiger partial charge on any atom is 0.412 e. The molecule has 2 rings (SSSR count). The first-order valence-electron chi connectivity index (χ1n) is 6.33. The van der Waals surface area contributed by atoms with E-state index in [1.54, 1.807) is 30.3 Å². The number of benzene rings is 2. The zero-order chi connectivity index (χ0) is 14.8. The smallest absolute Gasteiger partial charge is 0.370 e. The molecule has 20 heavy (non-hydrogen) atoms. The van der Waals surface area contributed by atoms with Crippen molar-refractivity contribution >= 4 is 5.69 Å². The van der Waals surface area contributed by atoms with Gasteiger partial charge in [0.2, 0.25) is 0 Å². The monoisotopic (exact) mass is 279 g/mol. The fraction of sp³-hybridized carbons (Fsp3) is 0.250. The van der Waals surface area contributed by atoms with Gasteiger partial charge in [-0.25, -0.2) is 0 Å². The molecule has 0 bridgehead atoms. The van der Waals surface area contributed by atoms with Crippen LogP contribution in [0.2, 0.25) is 0 Å². The molecular formula is C16H16F3N. The summed E-state index contributed by atoms with van der Waals surface area (Å²) in [7, 11) is 0. The van der Waals surface area contributed by atoms with Gasteiger partial charge in [-0.3, -0.25) is 0 Å². The minimum Gasteiger partial charge on any atom is -0.370 e. The highest BCUT2D eigenvalue weighted by Crippen LogP contribution is 2.35. The zero-order valence-electron chi connectivity index (χ0n) is 11.3. The number of hydrogen-bond donors (Lipinski definition) is 1. The third-order valence-electron chi connectivity index (χ3n) is 2.99. The summed E-state index contributed by atoms with van der Waals surface area (Å²) in [5, 5.41) is 2.59. The molecule has 0 aliphatic carbocycles. The Morgan fingerprint density at radius 2 is 1.45 bits per heavy atom. The lowest BCUT2D eigenvalue weighted by Gasteiger charge is -2.23. The summed E-state index contributed by atoms with van der Waals surface area (Å²) in [5.74, 6) is 0. The van der Waals surface area contributed by atoms with Crippen molar-refractivity contribution < 1.29 is 13.2 Å². The number of nitrogens with one attached hydrogen (secondary N) is 1. The second kappa shape index (κ2) is 5.57. The van der Waals surface area contributed by atoms with Crippen LogP contribution in [0.5, 0.6) is 0 Å². The van der Waals surface area contributed by atoms with Crippen LogP contribution in [0.3, 0.4) is 0 Å². The van der Waals surface area contributed by atoms with Crippen LogP contribution in [0.25, 0.3) is 0 Å². The number of alkyl halides is 3. The van der Waals surface area contributed by atoms with E-state index in [-0.39, 0.29) is 5.56 Å². The van der Waals surface area contributed by atoms with Crippen molar-refractivity contribution in [3.8, 4) is 0 Å². The Kier molecular flexibility index (Phi) is 4.02. The minimum atomic E-state index is -4.35. The maximum atomic E-state index is 13.2. The summed E-state index contributed by atoms with van der Waals surface area (Å²) in [4.78, 5) is 0. The molecule has 4 heteroatoms. The number of aryl methyl sites for hydroxylation is 2. The van der Waals surface area contributed by atoms with Gasteiger partial charge >= 0.3 is 6.18 Å². The molecular weight excluding hydrogens is 263 g/mol. The highest BCUT2D eigenvalue weighted by atomic mass is 19.4. The van der Waals surface area contributed by atoms with Gasteiger partial charge in [0.25, 0.3) is 0 Å². The molecule has 0 aliphatic rings. The zero-order valence-corrected chi connectivity index (χ0v) is 11.3. The van der Waals surface area contributed by atoms with E-state index in [0.717, 1.165) is 11.1 Å². The van der Waals surface area contributed by atoms with Gasteiger partial charge in [-0.05, 0) is 42.7 Å². The highest BCUT2D eigenvalue weighted by Gasteiger charge is 2.40. The SMILES string of the molecule is Cc1cc(C)cc(NC(c2ccccc2)C(F)(F)F)c1. The summed E-state index contributed by atoms with van der Waals surface area (Å²) in [5.41, 5.74) is 2.55. The fourth-order valence-corrected chi connectivity index (χ4v) is 2.22. The van der Waals surface area contributed by atoms with Crippen LogP contribution in [0.15, 0.2) is 48.5 Å². The van der Waals surface area contributed by atoms with E-state index in [1.165, 1.54) is 12.1 Å². The minimum absolute atomic E-state index is 0.208. The predicted octanol–water partition coefficient (Wildman–Crippen LogP) is 5.02. The summed E-state index contributed by atoms with van der Waals surface area (Å²) < 4.78 is 39.7. The first-order chi connectivity index (χ1) is 9.36. The molecule has 0 aliphatic heterocycles. The van der Waals surface area contributed by atoms with Crippen LogP contribution < -0.4 is 5.32 Å². The van der Waals surface area contributed by atoms with Gasteiger partial charge in [-0.1, -0.05) is 36.4 Å². The molecule has 2 aromatic carbocycles. The van der Waals surface area contributed by atoms with Crippen molar-refractivity contribution in [1.29, 1.82) is 0 Å². The number of hydrogen-bond acceptors (Lipinski definition) is 1. The Bertz CT molecular complexity index is 556. The summed E-state index contributed by atoms with van der Waals surface area (Å²) in [6, 6.07) is 11.5. The summed E-state index contributed by atoms with van der Waals surface area (Å²) in [6.07, 6.45) is -4.35. The van der Waals surface area contributed by atoms with Crippen molar-refractivity contribution in [2.75, 3.05) is 5.32 Å². The van der Waals surface area contributed by atoms with Gasteiger partial charge < -0.3 is 5.32 Å². The molecule has 0 amide bonds. The van der Waals surface area contributed by atoms with Crippen LogP contribution >= 0.6 is 0 Å². The van der Waals surface area contributed by atoms with Gasteiger partial charge in [0.15, 0.2) is 0 Å². The lowest BCUT2D eigenvalue weighted by atomic mass is 10.1. The second-order valence-electron chi connectivity index (χ2n) is 4.91. The second-order valence-corrected chi connectivity index (χ2v) is 4.91. The van der Waals surface area contributed by atoms with E-state index in [0.29, 0.717) is 5.69 Å². The van der Waals surface area contributed by atoms with E-state index < -0.39 is 12.2 Å². The predicted molar refractivity (Wildman–Crippen MR) is 74.8 cm³/mol. The Morgan fingerprint density at radius 1 is 0.900 bits per heavy atom. The van der Waals surface area contributed by atoms with Gasteiger partial charge in [0.1, 0.15) is 6.04 Å². The topological polar surface area (TPSA) is 12.0 Å². The molecule has 0 fully saturated rings. The molecule has 0 spiro atoms. The van der Waals surface area contributed by atoms with Crippen LogP contribution in [-0.2, 0) is 0 Å². The Labute approximate surface area is 116 Å². The molecule has 1 atom stereocenters. The third-order valence-corrected chi connectivity index (χ3v) is 2.99. The van der Waals surface area contributed by atoms with Gasteiger partial charge in [0.05, 0.1) is 0 Å². The van der Waals surface area contributed by atoms with Crippen LogP contribution in [0.1, 0.15) is 22.7 Å². The lowest BCUT2D eigenvalue weighted by Crippen LogP contribution is -2.27. The lowest BCUT2D eigenvalue weighted by molar-refractivity contribution is -0.144. The van der Waals surface area contributed by atoms with E-state index in [1.807, 2.05) is 19.9 Å². The average molecular weight is 279 g/mol. The molecule has 0 radical (unpaired) electrons. The molecule has 0 saturated carbocycles. The summed E-state index contributed by atoms with van der Waals surface area (Å²) in [6.45, 7) is 3.73. The van der Waals surface area contributed by atoms with E-state index in [4.69, 9.17) is 0 Å². The van der Waals surface area contributed by atoms with Crippen LogP contribution in [-0.4, -0.2) is 6.18 Å². The standard InChI is InChI=1S/C16H16F3N/c1-11-8-12(2)10-14(9-11)20-15(16(17,18)19)13-6-4-3-5-7-13/h3-10,15,20H,1-2H3. The number of halogens is 3. The van der Waals surface area contributed by atoms with Crippen molar-refractivity contribution in [2.45, 2.75) is 26.1 Å². The van der Waals surface area contributed by atoms with Gasteiger partial charge in [-0.15, -0.1) is 0 Å². The van der Waals surface area contributed by atoms with Crippen molar-refractivity contribution in [3.63, 3.8) is 0 Å². The Morgan fingerprint density at radius 3 is 1.95 bits per heavy atom. The number of anilines is 1. The Hall–Kier alpha value is -1.97. The molecule has 0 heterocycles. The van der Waals surface area contributed by atoms with Crippen LogP contribution in [0, 0.1) is 13.8 Å². The molecule has 1 unspecified atom stereocenters. The molecule has 1 nitrogen and oxygen atoms in total. The van der Waals surface area contributed by atoms with Crippen molar-refractivity contribution in [2.24, 2.45) is 0 Å². The molecule has 1 N–H and O–H groups in total. The number of rotatable bonds is 3. The van der Waals surface area contributed by atoms with Crippen LogP contribution in [0.4, 0.5) is 18.9 Å². The van der Waals surface area contributed by atoms with Gasteiger partial charge in [-0.2, -0.15) is 13.2 Å². The van der Waals surface area contributed by atoms with E-state index in [2.05, 4.69) is 5.32 Å². The maximum absolute atomic E-state index is 13.2. The third kappa shape index (κ3) is 3.53. The quantitative estimate of drug-likeness (QED) is 0.832. The Balaban J connectivity index is 2.34. The molecule has 106 valence electrons. The first kappa shape index (κ1) is 14.4. The normalized spacial score (nSPS) is 13.1. The van der Waals surface area contributed by atoms with E-state index >= 15 is 0 Å². The highest BCUT2D eigenvalue weighted by molar-refractivity contribution is 5.50. The largest absolute Gasteiger partial charge is 0.412 e. The van der Waals surface area contributed by atoms with Crippen molar-refractivity contribution in [1.82, 2.24) is 0 Å². The fourth-order valence-electron chi connectivity index (χ4n) is 2.22. The molecule has 0 aromatic heterocycles. The van der Waals surface area contributed by atoms with Crippen molar-refractivity contribution in [3.05, 3.63) is 65.2 Å². The van der Waals surface area contributed by atoms with E-state index in [9.17, 15) is 13.2 Å². The summed E-state index contributed by atoms with van der Waals surface area (Å²) >= 11 is 0. The average Bonchev–Trinajstić information content (AvgIpc) is 2.34. The molecule has 2 aromatic rings. The van der Waals surface area contributed by atoms with Gasteiger partial charge in [0, 0.05) is 5.69 Å². The molecule has 0 saturated heterocycles.